The number of nitrogens with one attached hydrogen (secondary N) is 7. The number of thioether (sulfide) groups is 7. The smallest absolute Gasteiger partial charge is 0.147 e. The molecule has 0 bridgehead atoms. The topological polar surface area (TPSA) is 323 Å². The molecule has 0 amide bonds. The van der Waals surface area contributed by atoms with Gasteiger partial charge < -0.3 is 10.6 Å². The van der Waals surface area contributed by atoms with Crippen molar-refractivity contribution in [1.29, 1.82) is 0 Å². The van der Waals surface area contributed by atoms with E-state index in [0.717, 1.165) is 125 Å². The zero-order valence-electron chi connectivity index (χ0n) is 54.9. The minimum atomic E-state index is -0.132. The summed E-state index contributed by atoms with van der Waals surface area (Å²) < 4.78 is 0. The maximum absolute atomic E-state index is 11.2. The quantitative estimate of drug-likeness (QED) is 0.186. The number of hydrogen-bond donors (Lipinski definition) is 7. The van der Waals surface area contributed by atoms with Gasteiger partial charge in [-0.15, -0.1) is 0 Å². The van der Waals surface area contributed by atoms with Gasteiger partial charge in [0, 0.05) is 85.2 Å². The first-order chi connectivity index (χ1) is 43.4. The second-order valence-electron chi connectivity index (χ2n) is 22.8. The van der Waals surface area contributed by atoms with Crippen LogP contribution in [0.5, 0.6) is 0 Å². The number of carbonyl (C=O) groups excluding carboxylic acids is 14. The van der Waals surface area contributed by atoms with E-state index < -0.39 is 0 Å². The van der Waals surface area contributed by atoms with Gasteiger partial charge in [-0.3, -0.25) is 93.7 Å². The van der Waals surface area contributed by atoms with Crippen molar-refractivity contribution in [3.05, 3.63) is 0 Å². The molecule has 0 aromatic rings. The van der Waals surface area contributed by atoms with Crippen molar-refractivity contribution in [2.45, 2.75) is 181 Å². The van der Waals surface area contributed by atoms with Crippen molar-refractivity contribution in [2.75, 3.05) is 126 Å². The maximum atomic E-state index is 11.2. The van der Waals surface area contributed by atoms with Crippen LogP contribution in [0.3, 0.4) is 0 Å². The van der Waals surface area contributed by atoms with E-state index in [1.165, 1.54) is 0 Å². The standard InChI is InChI=1S/7C9H15NO2S/c2*1-7(11)9-3-5-13-4-2-8(12)6-10-9;5*1-7(11)9-6-13-4-2-3-8(12)5-10-9/h7*9-10H,2-6H2,1H3/t7*9-/m0000000/s1. The number of ketones is 14. The van der Waals surface area contributed by atoms with E-state index >= 15 is 0 Å². The van der Waals surface area contributed by atoms with Gasteiger partial charge in [0.25, 0.3) is 0 Å². The van der Waals surface area contributed by atoms with Gasteiger partial charge in [-0.25, -0.2) is 0 Å². The Bertz CT molecular complexity index is 1870. The van der Waals surface area contributed by atoms with Crippen LogP contribution in [0.2, 0.25) is 0 Å². The van der Waals surface area contributed by atoms with Crippen LogP contribution < -0.4 is 37.2 Å². The Hall–Kier alpha value is -2.45. The van der Waals surface area contributed by atoms with Crippen LogP contribution in [-0.4, -0.2) is 250 Å². The zero-order chi connectivity index (χ0) is 67.8. The molecule has 0 aromatic carbocycles. The summed E-state index contributed by atoms with van der Waals surface area (Å²) in [6.45, 7) is 13.5. The van der Waals surface area contributed by atoms with Gasteiger partial charge in [0.1, 0.15) is 81.0 Å². The van der Waals surface area contributed by atoms with Crippen molar-refractivity contribution >= 4 is 163 Å². The van der Waals surface area contributed by atoms with E-state index in [9.17, 15) is 67.1 Å². The fraction of sp³-hybridized carbons (Fsp3) is 0.778. The Morgan fingerprint density at radius 1 is 0.242 bits per heavy atom. The van der Waals surface area contributed by atoms with Crippen molar-refractivity contribution < 1.29 is 67.1 Å². The Labute approximate surface area is 570 Å². The molecule has 21 nitrogen and oxygen atoms in total. The minimum Gasteiger partial charge on any atom is -0.301 e. The third-order valence-corrected chi connectivity index (χ3v) is 22.3. The largest absolute Gasteiger partial charge is 0.301 e. The molecular formula is C63H105N7O14S7. The van der Waals surface area contributed by atoms with E-state index in [0.29, 0.717) is 90.8 Å². The van der Waals surface area contributed by atoms with Crippen LogP contribution in [0.15, 0.2) is 0 Å². The third-order valence-electron chi connectivity index (χ3n) is 14.6. The van der Waals surface area contributed by atoms with Gasteiger partial charge in [-0.05, 0) is 134 Å². The molecule has 7 aliphatic heterocycles. The first-order valence-electron chi connectivity index (χ1n) is 31.7. The minimum absolute atomic E-state index is 0.116. The first kappa shape index (κ1) is 86.6. The summed E-state index contributed by atoms with van der Waals surface area (Å²) >= 11 is 12.2. The third kappa shape index (κ3) is 47.2. The number of hydrogen-bond acceptors (Lipinski definition) is 28. The molecular weight excluding hydrogens is 1300 g/mol. The summed E-state index contributed by atoms with van der Waals surface area (Å²) in [5.41, 5.74) is 0. The fourth-order valence-corrected chi connectivity index (χ4v) is 16.1. The summed E-state index contributed by atoms with van der Waals surface area (Å²) in [6.07, 6.45) is 10.9. The molecule has 0 aliphatic carbocycles. The Kier molecular flexibility index (Phi) is 52.0. The normalized spacial score (nSPS) is 25.9. The molecule has 0 spiro atoms. The highest BCUT2D eigenvalue weighted by atomic mass is 32.2. The molecule has 0 radical (unpaired) electrons. The summed E-state index contributed by atoms with van der Waals surface area (Å²) in [6, 6.07) is -0.894. The lowest BCUT2D eigenvalue weighted by molar-refractivity contribution is -0.121. The van der Waals surface area contributed by atoms with Gasteiger partial charge in [-0.1, -0.05) is 0 Å². The number of rotatable bonds is 7. The van der Waals surface area contributed by atoms with E-state index in [1.54, 1.807) is 131 Å². The van der Waals surface area contributed by atoms with Gasteiger partial charge in [0.2, 0.25) is 0 Å². The molecule has 7 heterocycles. The molecule has 7 saturated heterocycles. The second-order valence-corrected chi connectivity index (χ2v) is 31.0. The van der Waals surface area contributed by atoms with Crippen molar-refractivity contribution in [3.8, 4) is 0 Å². The lowest BCUT2D eigenvalue weighted by Crippen LogP contribution is -2.40. The van der Waals surface area contributed by atoms with Crippen LogP contribution in [0.25, 0.3) is 0 Å². The molecule has 0 unspecified atom stereocenters. The molecule has 7 N–H and O–H groups in total. The molecule has 0 aromatic heterocycles. The SMILES string of the molecule is CC(=O)[C@@H]1CCSCCC(=O)CN1.CC(=O)[C@@H]1CCSCCC(=O)CN1.CC(=O)[C@@H]1CSCCCC(=O)CN1.CC(=O)[C@@H]1CSCCCC(=O)CN1.CC(=O)[C@@H]1CSCCCC(=O)CN1.CC(=O)[C@@H]1CSCCCC(=O)CN1.CC(=O)[C@@H]1CSCCCC(=O)CN1. The van der Waals surface area contributed by atoms with E-state index in [-0.39, 0.29) is 123 Å². The second kappa shape index (κ2) is 54.6. The highest BCUT2D eigenvalue weighted by Gasteiger charge is 2.23. The molecule has 7 atom stereocenters. The highest BCUT2D eigenvalue weighted by molar-refractivity contribution is 8.00. The van der Waals surface area contributed by atoms with E-state index in [1.807, 2.05) is 0 Å². The Morgan fingerprint density at radius 3 is 0.604 bits per heavy atom. The zero-order valence-corrected chi connectivity index (χ0v) is 60.6. The summed E-state index contributed by atoms with van der Waals surface area (Å²) in [4.78, 5) is 156. The van der Waals surface area contributed by atoms with E-state index in [2.05, 4.69) is 37.2 Å². The monoisotopic (exact) mass is 1410 g/mol. The van der Waals surface area contributed by atoms with Crippen molar-refractivity contribution in [3.63, 3.8) is 0 Å². The summed E-state index contributed by atoms with van der Waals surface area (Å²) in [5, 5.41) is 21.0. The molecule has 28 heteroatoms. The summed E-state index contributed by atoms with van der Waals surface area (Å²) in [7, 11) is 0. The average molecular weight is 1410 g/mol. The van der Waals surface area contributed by atoms with Crippen molar-refractivity contribution in [1.82, 2.24) is 37.2 Å². The lowest BCUT2D eigenvalue weighted by Gasteiger charge is -2.12. The van der Waals surface area contributed by atoms with Crippen LogP contribution >= 0.6 is 82.3 Å². The molecule has 91 heavy (non-hydrogen) atoms. The van der Waals surface area contributed by atoms with Crippen molar-refractivity contribution in [2.24, 2.45) is 0 Å². The predicted molar refractivity (Wildman–Crippen MR) is 378 cm³/mol. The molecule has 518 valence electrons. The first-order valence-corrected chi connectivity index (χ1v) is 39.8. The van der Waals surface area contributed by atoms with Crippen LogP contribution in [0.1, 0.15) is 138 Å². The lowest BCUT2D eigenvalue weighted by atomic mass is 10.1. The molecule has 7 aliphatic rings. The molecule has 7 rings (SSSR count). The van der Waals surface area contributed by atoms with Gasteiger partial charge in [0.15, 0.2) is 0 Å². The fourth-order valence-electron chi connectivity index (χ4n) is 8.62. The highest BCUT2D eigenvalue weighted by Crippen LogP contribution is 2.15. The molecule has 7 fully saturated rings. The average Bonchev–Trinajstić information content (AvgIpc) is 4.15. The molecule has 0 saturated carbocycles. The predicted octanol–water partition coefficient (Wildman–Crippen LogP) is 4.41. The number of Topliss-reactive ketones (excluding diaryl/α,β-unsaturated/α-hetero) is 14. The van der Waals surface area contributed by atoms with E-state index in [4.69, 9.17) is 0 Å². The Morgan fingerprint density at radius 2 is 0.418 bits per heavy atom. The van der Waals surface area contributed by atoms with Gasteiger partial charge >= 0.3 is 0 Å². The van der Waals surface area contributed by atoms with Crippen LogP contribution in [-0.2, 0) is 67.1 Å². The Balaban J connectivity index is 0.000000531. The number of carbonyl (C=O) groups is 14. The van der Waals surface area contributed by atoms with Crippen LogP contribution in [0, 0.1) is 0 Å². The van der Waals surface area contributed by atoms with Crippen LogP contribution in [0.4, 0.5) is 0 Å². The van der Waals surface area contributed by atoms with Gasteiger partial charge in [0.05, 0.1) is 88.1 Å². The summed E-state index contributed by atoms with van der Waals surface area (Å²) in [5.74, 6) is 15.0. The van der Waals surface area contributed by atoms with Gasteiger partial charge in [-0.2, -0.15) is 82.3 Å². The maximum Gasteiger partial charge on any atom is 0.147 e.